The van der Waals surface area contributed by atoms with E-state index >= 15 is 0 Å². The molecular weight excluding hydrogens is 371 g/mol. The molecule has 6 heteroatoms. The first-order valence-electron chi connectivity index (χ1n) is 8.34. The maximum atomic E-state index is 12.1. The number of hydrogen-bond donors (Lipinski definition) is 0. The maximum absolute atomic E-state index is 12.1. The van der Waals surface area contributed by atoms with Crippen LogP contribution in [0.15, 0.2) is 22.7 Å². The molecule has 1 aliphatic heterocycles. The van der Waals surface area contributed by atoms with Crippen LogP contribution < -0.4 is 0 Å². The lowest BCUT2D eigenvalue weighted by atomic mass is 9.65. The van der Waals surface area contributed by atoms with Gasteiger partial charge in [-0.2, -0.15) is 0 Å². The van der Waals surface area contributed by atoms with Crippen molar-refractivity contribution in [2.24, 2.45) is 0 Å². The molecule has 2 rings (SSSR count). The molecule has 1 atom stereocenters. The van der Waals surface area contributed by atoms with E-state index in [2.05, 4.69) is 15.9 Å². The first-order chi connectivity index (χ1) is 11.1. The normalized spacial score (nSPS) is 20.0. The summed E-state index contributed by atoms with van der Waals surface area (Å²) in [5.41, 5.74) is 1.26. The molecule has 1 aromatic rings. The van der Waals surface area contributed by atoms with Crippen molar-refractivity contribution in [1.82, 2.24) is 0 Å². The Balaban J connectivity index is 2.35. The van der Waals surface area contributed by atoms with E-state index in [0.717, 1.165) is 15.6 Å². The minimum atomic E-state index is -0.487. The van der Waals surface area contributed by atoms with E-state index in [4.69, 9.17) is 14.0 Å². The van der Waals surface area contributed by atoms with Crippen LogP contribution >= 0.6 is 15.9 Å². The number of benzene rings is 1. The molecule has 0 bridgehead atoms. The number of carbonyl (C=O) groups excluding carboxylic acids is 1. The summed E-state index contributed by atoms with van der Waals surface area (Å²) in [5.74, 6) is -0.447. The van der Waals surface area contributed by atoms with Gasteiger partial charge in [-0.25, -0.2) is 0 Å². The van der Waals surface area contributed by atoms with Crippen LogP contribution in [-0.4, -0.2) is 30.9 Å². The number of esters is 1. The van der Waals surface area contributed by atoms with Crippen molar-refractivity contribution in [1.29, 1.82) is 0 Å². The third-order valence-electron chi connectivity index (χ3n) is 4.92. The van der Waals surface area contributed by atoms with Gasteiger partial charge in [0, 0.05) is 10.3 Å². The highest BCUT2D eigenvalue weighted by Crippen LogP contribution is 2.42. The van der Waals surface area contributed by atoms with E-state index in [1.165, 1.54) is 0 Å². The molecule has 0 saturated carbocycles. The zero-order valence-electron chi connectivity index (χ0n) is 15.3. The zero-order valence-corrected chi connectivity index (χ0v) is 16.9. The van der Waals surface area contributed by atoms with E-state index < -0.39 is 18.3 Å². The van der Waals surface area contributed by atoms with Crippen LogP contribution in [0.25, 0.3) is 0 Å². The Morgan fingerprint density at radius 2 is 1.83 bits per heavy atom. The number of hydrogen-bond acceptors (Lipinski definition) is 4. The maximum Gasteiger partial charge on any atom is 0.466 e. The van der Waals surface area contributed by atoms with Gasteiger partial charge >= 0.3 is 13.1 Å². The molecule has 0 radical (unpaired) electrons. The molecule has 1 fully saturated rings. The Hall–Kier alpha value is -0.845. The fourth-order valence-electron chi connectivity index (χ4n) is 2.86. The second-order valence-corrected chi connectivity index (χ2v) is 8.16. The molecule has 132 valence electrons. The molecule has 0 aromatic heterocycles. The molecule has 0 spiro atoms. The first kappa shape index (κ1) is 19.5. The summed E-state index contributed by atoms with van der Waals surface area (Å²) in [5, 5.41) is 0. The third-order valence-corrected chi connectivity index (χ3v) is 5.42. The minimum Gasteiger partial charge on any atom is -0.466 e. The summed E-state index contributed by atoms with van der Waals surface area (Å²) >= 11 is 3.49. The second-order valence-electron chi connectivity index (χ2n) is 7.24. The summed E-state index contributed by atoms with van der Waals surface area (Å²) in [6.45, 7) is 12.3. The Bertz CT molecular complexity index is 599. The molecule has 1 unspecified atom stereocenters. The highest BCUT2D eigenvalue weighted by Gasteiger charge is 2.54. The molecular formula is C18H26BBrO4. The molecule has 1 saturated heterocycles. The zero-order chi connectivity index (χ0) is 18.1. The SMILES string of the molecule is CCOC(=O)CC(B1OC(C)(C)C(C)(C)O1)c1ccc(Br)cc1C. The monoisotopic (exact) mass is 396 g/mol. The van der Waals surface area contributed by atoms with Crippen LogP contribution in [0.4, 0.5) is 0 Å². The highest BCUT2D eigenvalue weighted by atomic mass is 79.9. The van der Waals surface area contributed by atoms with Crippen molar-refractivity contribution < 1.29 is 18.8 Å². The van der Waals surface area contributed by atoms with Crippen LogP contribution in [0.3, 0.4) is 0 Å². The van der Waals surface area contributed by atoms with Crippen LogP contribution in [0, 0.1) is 6.92 Å². The summed E-state index contributed by atoms with van der Waals surface area (Å²) in [4.78, 5) is 12.1. The lowest BCUT2D eigenvalue weighted by molar-refractivity contribution is -0.143. The van der Waals surface area contributed by atoms with Crippen molar-refractivity contribution in [3.05, 3.63) is 33.8 Å². The highest BCUT2D eigenvalue weighted by molar-refractivity contribution is 9.10. The number of rotatable bonds is 5. The van der Waals surface area contributed by atoms with E-state index in [9.17, 15) is 4.79 Å². The topological polar surface area (TPSA) is 44.8 Å². The van der Waals surface area contributed by atoms with Gasteiger partial charge in [0.1, 0.15) is 0 Å². The molecule has 0 N–H and O–H groups in total. The van der Waals surface area contributed by atoms with E-state index in [-0.39, 0.29) is 18.2 Å². The Kier molecular flexibility index (Phi) is 5.83. The fourth-order valence-corrected chi connectivity index (χ4v) is 3.34. The van der Waals surface area contributed by atoms with Crippen molar-refractivity contribution >= 4 is 29.0 Å². The summed E-state index contributed by atoms with van der Waals surface area (Å²) < 4.78 is 18.6. The van der Waals surface area contributed by atoms with Gasteiger partial charge < -0.3 is 14.0 Å². The Morgan fingerprint density at radius 3 is 2.33 bits per heavy atom. The fraction of sp³-hybridized carbons (Fsp3) is 0.611. The van der Waals surface area contributed by atoms with Crippen LogP contribution in [0.1, 0.15) is 58.0 Å². The molecule has 0 amide bonds. The third kappa shape index (κ3) is 4.03. The molecule has 4 nitrogen and oxygen atoms in total. The summed E-state index contributed by atoms with van der Waals surface area (Å²) in [6, 6.07) is 6.04. The van der Waals surface area contributed by atoms with Crippen LogP contribution in [0.5, 0.6) is 0 Å². The van der Waals surface area contributed by atoms with Gasteiger partial charge in [0.15, 0.2) is 0 Å². The number of carbonyl (C=O) groups is 1. The molecule has 1 aliphatic rings. The largest absolute Gasteiger partial charge is 0.466 e. The Labute approximate surface area is 153 Å². The number of ether oxygens (including phenoxy) is 1. The lowest BCUT2D eigenvalue weighted by Gasteiger charge is -2.32. The number of aryl methyl sites for hydroxylation is 1. The van der Waals surface area contributed by atoms with Gasteiger partial charge in [-0.1, -0.05) is 22.0 Å². The second kappa shape index (κ2) is 7.18. The number of halogens is 1. The van der Waals surface area contributed by atoms with Gasteiger partial charge in [-0.05, 0) is 64.8 Å². The van der Waals surface area contributed by atoms with Crippen molar-refractivity contribution in [2.45, 2.75) is 65.0 Å². The van der Waals surface area contributed by atoms with Crippen molar-refractivity contribution in [2.75, 3.05) is 6.61 Å². The van der Waals surface area contributed by atoms with Gasteiger partial charge in [0.05, 0.1) is 24.2 Å². The molecule has 1 aromatic carbocycles. The van der Waals surface area contributed by atoms with E-state index in [1.54, 1.807) is 0 Å². The molecule has 0 aliphatic carbocycles. The average Bonchev–Trinajstić information content (AvgIpc) is 2.65. The minimum absolute atomic E-state index is 0.210. The van der Waals surface area contributed by atoms with Gasteiger partial charge in [0.25, 0.3) is 0 Å². The predicted molar refractivity (Wildman–Crippen MR) is 99.0 cm³/mol. The van der Waals surface area contributed by atoms with E-state index in [1.807, 2.05) is 59.7 Å². The molecule has 24 heavy (non-hydrogen) atoms. The lowest BCUT2D eigenvalue weighted by Crippen LogP contribution is -2.41. The van der Waals surface area contributed by atoms with E-state index in [0.29, 0.717) is 6.61 Å². The Morgan fingerprint density at radius 1 is 1.25 bits per heavy atom. The van der Waals surface area contributed by atoms with Gasteiger partial charge in [-0.3, -0.25) is 4.79 Å². The smallest absolute Gasteiger partial charge is 0.466 e. The first-order valence-corrected chi connectivity index (χ1v) is 9.14. The quantitative estimate of drug-likeness (QED) is 0.545. The summed E-state index contributed by atoms with van der Waals surface area (Å²) in [7, 11) is -0.487. The summed E-state index contributed by atoms with van der Waals surface area (Å²) in [6.07, 6.45) is 0.229. The predicted octanol–water partition coefficient (Wildman–Crippen LogP) is 4.43. The van der Waals surface area contributed by atoms with Gasteiger partial charge in [0.2, 0.25) is 0 Å². The average molecular weight is 397 g/mol. The van der Waals surface area contributed by atoms with Crippen LogP contribution in [-0.2, 0) is 18.8 Å². The van der Waals surface area contributed by atoms with Gasteiger partial charge in [-0.15, -0.1) is 0 Å². The standard InChI is InChI=1S/C18H26BBrO4/c1-7-22-16(21)11-15(14-9-8-13(20)10-12(14)2)19-23-17(3,4)18(5,6)24-19/h8-10,15H,7,11H2,1-6H3. The van der Waals surface area contributed by atoms with Crippen LogP contribution in [0.2, 0.25) is 0 Å². The van der Waals surface area contributed by atoms with Crippen molar-refractivity contribution in [3.8, 4) is 0 Å². The molecule has 1 heterocycles. The van der Waals surface area contributed by atoms with Crippen molar-refractivity contribution in [3.63, 3.8) is 0 Å².